The number of hydrogen-bond donors (Lipinski definition) is 2. The quantitative estimate of drug-likeness (QED) is 0.677. The molecular weight excluding hydrogens is 368 g/mol. The van der Waals surface area contributed by atoms with Crippen LogP contribution in [0.3, 0.4) is 0 Å². The Balaban J connectivity index is 1.52. The molecule has 0 radical (unpaired) electrons. The van der Waals surface area contributed by atoms with Gasteiger partial charge in [0.15, 0.2) is 6.61 Å². The van der Waals surface area contributed by atoms with Crippen molar-refractivity contribution in [3.05, 3.63) is 83.2 Å². The smallest absolute Gasteiger partial charge is 0.270 e. The summed E-state index contributed by atoms with van der Waals surface area (Å²) < 4.78 is 7.18. The van der Waals surface area contributed by atoms with Gasteiger partial charge in [0.1, 0.15) is 5.75 Å². The molecule has 1 aromatic heterocycles. The maximum absolute atomic E-state index is 12.4. The summed E-state index contributed by atoms with van der Waals surface area (Å²) >= 11 is 0. The number of benzene rings is 2. The Hall–Kier alpha value is -4.05. The lowest BCUT2D eigenvalue weighted by Crippen LogP contribution is -2.24. The summed E-state index contributed by atoms with van der Waals surface area (Å²) in [7, 11) is 0. The number of hydrogen-bond acceptors (Lipinski definition) is 4. The van der Waals surface area contributed by atoms with Crippen LogP contribution >= 0.6 is 0 Å². The van der Waals surface area contributed by atoms with Gasteiger partial charge in [0.05, 0.1) is 11.6 Å². The van der Waals surface area contributed by atoms with Gasteiger partial charge in [0.2, 0.25) is 0 Å². The molecule has 0 atom stereocenters. The molecule has 0 spiro atoms. The third kappa shape index (κ3) is 5.02. The largest absolute Gasteiger partial charge is 0.484 e. The van der Waals surface area contributed by atoms with Gasteiger partial charge in [-0.15, -0.1) is 0 Å². The second-order valence-electron chi connectivity index (χ2n) is 6.44. The van der Waals surface area contributed by atoms with Crippen LogP contribution in [0, 0.1) is 25.2 Å². The van der Waals surface area contributed by atoms with Gasteiger partial charge in [-0.3, -0.25) is 19.7 Å². The zero-order valence-electron chi connectivity index (χ0n) is 16.1. The van der Waals surface area contributed by atoms with E-state index in [1.807, 2.05) is 32.0 Å². The second-order valence-corrected chi connectivity index (χ2v) is 6.44. The lowest BCUT2D eigenvalue weighted by atomic mass is 10.2. The summed E-state index contributed by atoms with van der Waals surface area (Å²) in [6.07, 6.45) is 0. The summed E-state index contributed by atoms with van der Waals surface area (Å²) in [6, 6.07) is 19.0. The number of nitrogens with one attached hydrogen (secondary N) is 2. The molecular formula is C22H20N4O3. The van der Waals surface area contributed by atoms with E-state index in [9.17, 15) is 9.59 Å². The van der Waals surface area contributed by atoms with Crippen LogP contribution in [0.5, 0.6) is 5.75 Å². The highest BCUT2D eigenvalue weighted by molar-refractivity contribution is 6.00. The molecule has 2 aromatic carbocycles. The van der Waals surface area contributed by atoms with E-state index in [0.29, 0.717) is 22.6 Å². The summed E-state index contributed by atoms with van der Waals surface area (Å²) in [6.45, 7) is 3.65. The van der Waals surface area contributed by atoms with Crippen LogP contribution in [-0.4, -0.2) is 23.1 Å². The number of amides is 2. The summed E-state index contributed by atoms with van der Waals surface area (Å²) in [4.78, 5) is 24.4. The second kappa shape index (κ2) is 8.76. The number of aromatic nitrogens is 1. The highest BCUT2D eigenvalue weighted by Crippen LogP contribution is 2.14. The van der Waals surface area contributed by atoms with Crippen molar-refractivity contribution in [1.82, 2.24) is 4.68 Å². The van der Waals surface area contributed by atoms with E-state index >= 15 is 0 Å². The van der Waals surface area contributed by atoms with E-state index in [1.54, 1.807) is 53.2 Å². The van der Waals surface area contributed by atoms with Crippen molar-refractivity contribution in [3.8, 4) is 11.8 Å². The maximum Gasteiger partial charge on any atom is 0.270 e. The predicted octanol–water partition coefficient (Wildman–Crippen LogP) is 3.38. The molecule has 0 unspecified atom stereocenters. The first-order chi connectivity index (χ1) is 14.0. The summed E-state index contributed by atoms with van der Waals surface area (Å²) in [5.74, 6) is -0.0857. The normalized spacial score (nSPS) is 10.1. The van der Waals surface area contributed by atoms with Gasteiger partial charge in [-0.05, 0) is 74.5 Å². The number of carbonyl (C=O) groups is 2. The van der Waals surface area contributed by atoms with Crippen LogP contribution in [0.2, 0.25) is 0 Å². The molecule has 0 aliphatic carbocycles. The molecule has 146 valence electrons. The van der Waals surface area contributed by atoms with Crippen molar-refractivity contribution in [2.45, 2.75) is 13.8 Å². The number of anilines is 1. The highest BCUT2D eigenvalue weighted by Gasteiger charge is 2.10. The topological polar surface area (TPSA) is 96.2 Å². The number of rotatable bonds is 6. The van der Waals surface area contributed by atoms with Crippen molar-refractivity contribution in [3.63, 3.8) is 0 Å². The average molecular weight is 388 g/mol. The minimum atomic E-state index is -0.324. The predicted molar refractivity (Wildman–Crippen MR) is 109 cm³/mol. The molecule has 1 heterocycles. The fourth-order valence-corrected chi connectivity index (χ4v) is 2.69. The molecule has 0 fully saturated rings. The van der Waals surface area contributed by atoms with Gasteiger partial charge in [-0.2, -0.15) is 5.26 Å². The van der Waals surface area contributed by atoms with E-state index in [0.717, 1.165) is 11.4 Å². The van der Waals surface area contributed by atoms with Gasteiger partial charge in [-0.1, -0.05) is 0 Å². The van der Waals surface area contributed by atoms with Crippen LogP contribution in [0.4, 0.5) is 5.69 Å². The first-order valence-corrected chi connectivity index (χ1v) is 8.95. The highest BCUT2D eigenvalue weighted by atomic mass is 16.5. The SMILES string of the molecule is Cc1ccc(C)n1NC(=O)c1ccc(OCC(=O)Nc2ccc(C#N)cc2)cc1. The van der Waals surface area contributed by atoms with Crippen LogP contribution in [0.15, 0.2) is 60.7 Å². The lowest BCUT2D eigenvalue weighted by Gasteiger charge is -2.12. The Morgan fingerprint density at radius 1 is 0.966 bits per heavy atom. The summed E-state index contributed by atoms with van der Waals surface area (Å²) in [5.41, 5.74) is 6.28. The Kier molecular flexibility index (Phi) is 5.95. The number of nitriles is 1. The van der Waals surface area contributed by atoms with Crippen molar-refractivity contribution in [1.29, 1.82) is 5.26 Å². The number of aryl methyl sites for hydroxylation is 2. The van der Waals surface area contributed by atoms with Crippen molar-refractivity contribution >= 4 is 17.5 Å². The standard InChI is InChI=1S/C22H20N4O3/c1-15-3-4-16(2)26(15)25-22(28)18-7-11-20(12-8-18)29-14-21(27)24-19-9-5-17(13-23)6-10-19/h3-12H,14H2,1-2H3,(H,24,27)(H,25,28). The van der Waals surface area contributed by atoms with Gasteiger partial charge in [0, 0.05) is 22.6 Å². The molecule has 3 aromatic rings. The molecule has 0 aliphatic rings. The van der Waals surface area contributed by atoms with Crippen LogP contribution < -0.4 is 15.5 Å². The molecule has 7 heteroatoms. The third-order valence-corrected chi connectivity index (χ3v) is 4.27. The fraction of sp³-hybridized carbons (Fsp3) is 0.136. The monoisotopic (exact) mass is 388 g/mol. The minimum Gasteiger partial charge on any atom is -0.484 e. The zero-order chi connectivity index (χ0) is 20.8. The van der Waals surface area contributed by atoms with Crippen molar-refractivity contribution in [2.24, 2.45) is 0 Å². The Bertz CT molecular complexity index is 1040. The van der Waals surface area contributed by atoms with Crippen LogP contribution in [-0.2, 0) is 4.79 Å². The van der Waals surface area contributed by atoms with Gasteiger partial charge in [-0.25, -0.2) is 0 Å². The average Bonchev–Trinajstić information content (AvgIpc) is 3.05. The molecule has 3 rings (SSSR count). The molecule has 0 saturated heterocycles. The van der Waals surface area contributed by atoms with Crippen LogP contribution in [0.1, 0.15) is 27.3 Å². The zero-order valence-corrected chi connectivity index (χ0v) is 16.1. The minimum absolute atomic E-state index is 0.173. The Morgan fingerprint density at radius 2 is 1.59 bits per heavy atom. The first-order valence-electron chi connectivity index (χ1n) is 8.95. The Morgan fingerprint density at radius 3 is 2.17 bits per heavy atom. The van der Waals surface area contributed by atoms with E-state index in [1.165, 1.54) is 0 Å². The fourth-order valence-electron chi connectivity index (χ4n) is 2.69. The van der Waals surface area contributed by atoms with Crippen molar-refractivity contribution < 1.29 is 14.3 Å². The van der Waals surface area contributed by atoms with Gasteiger partial charge in [0.25, 0.3) is 11.8 Å². The van der Waals surface area contributed by atoms with E-state index in [2.05, 4.69) is 10.7 Å². The number of nitrogens with zero attached hydrogens (tertiary/aromatic N) is 2. The molecule has 2 N–H and O–H groups in total. The first kappa shape index (κ1) is 19.7. The Labute approximate surface area is 168 Å². The molecule has 7 nitrogen and oxygen atoms in total. The molecule has 0 bridgehead atoms. The lowest BCUT2D eigenvalue weighted by molar-refractivity contribution is -0.118. The van der Waals surface area contributed by atoms with E-state index in [-0.39, 0.29) is 18.4 Å². The molecule has 0 saturated carbocycles. The molecule has 29 heavy (non-hydrogen) atoms. The van der Waals surface area contributed by atoms with E-state index in [4.69, 9.17) is 10.00 Å². The van der Waals surface area contributed by atoms with Crippen molar-refractivity contribution in [2.75, 3.05) is 17.3 Å². The molecule has 2 amide bonds. The third-order valence-electron chi connectivity index (χ3n) is 4.27. The van der Waals surface area contributed by atoms with Gasteiger partial charge >= 0.3 is 0 Å². The van der Waals surface area contributed by atoms with E-state index < -0.39 is 0 Å². The van der Waals surface area contributed by atoms with Gasteiger partial charge < -0.3 is 10.1 Å². The maximum atomic E-state index is 12.4. The number of ether oxygens (including phenoxy) is 1. The molecule has 0 aliphatic heterocycles. The van der Waals surface area contributed by atoms with Crippen LogP contribution in [0.25, 0.3) is 0 Å². The summed E-state index contributed by atoms with van der Waals surface area (Å²) in [5, 5.41) is 11.5. The number of carbonyl (C=O) groups excluding carboxylic acids is 2.